The first-order chi connectivity index (χ1) is 9.72. The van der Waals surface area contributed by atoms with Crippen LogP contribution >= 0.6 is 11.8 Å². The zero-order valence-electron chi connectivity index (χ0n) is 11.5. The number of hydrogen-bond donors (Lipinski definition) is 2. The molecule has 20 heavy (non-hydrogen) atoms. The topological polar surface area (TPSA) is 40.5 Å². The molecule has 2 nitrogen and oxygen atoms in total. The zero-order chi connectivity index (χ0) is 14.1. The summed E-state index contributed by atoms with van der Waals surface area (Å²) in [4.78, 5) is 1.30. The second-order valence-electron chi connectivity index (χ2n) is 5.10. The van der Waals surface area contributed by atoms with Gasteiger partial charge in [0.2, 0.25) is 0 Å². The Morgan fingerprint density at radius 3 is 2.35 bits per heavy atom. The van der Waals surface area contributed by atoms with Gasteiger partial charge in [-0.3, -0.25) is 0 Å². The lowest BCUT2D eigenvalue weighted by Gasteiger charge is -2.21. The Hall–Kier alpha value is -1.61. The van der Waals surface area contributed by atoms with E-state index in [9.17, 15) is 10.2 Å². The molecule has 0 saturated carbocycles. The molecule has 0 bridgehead atoms. The van der Waals surface area contributed by atoms with Crippen LogP contribution in [-0.2, 0) is 12.8 Å². The van der Waals surface area contributed by atoms with E-state index in [0.29, 0.717) is 17.9 Å². The van der Waals surface area contributed by atoms with Gasteiger partial charge in [0.15, 0.2) is 0 Å². The second-order valence-corrected chi connectivity index (χ2v) is 6.32. The van der Waals surface area contributed by atoms with Gasteiger partial charge in [0.1, 0.15) is 11.5 Å². The van der Waals surface area contributed by atoms with Gasteiger partial charge in [-0.25, -0.2) is 0 Å². The third-order valence-corrected chi connectivity index (χ3v) is 5.04. The highest BCUT2D eigenvalue weighted by Gasteiger charge is 2.21. The standard InChI is InChI=1S/C17H18O2S/c1-2-9-20-11-7-8-14-15(10-11)17(19)13-6-4-3-5-12(13)16(14)18/h3-7,18-19H,2,8-10H2,1H3. The maximum atomic E-state index is 10.5. The highest BCUT2D eigenvalue weighted by atomic mass is 32.2. The van der Waals surface area contributed by atoms with Crippen molar-refractivity contribution in [2.45, 2.75) is 26.2 Å². The molecule has 3 heteroatoms. The summed E-state index contributed by atoms with van der Waals surface area (Å²) in [6, 6.07) is 7.49. The Kier molecular flexibility index (Phi) is 3.62. The van der Waals surface area contributed by atoms with Crippen LogP contribution in [0.3, 0.4) is 0 Å². The molecule has 0 atom stereocenters. The number of allylic oxidation sites excluding steroid dienone is 2. The first kappa shape index (κ1) is 13.4. The molecule has 0 radical (unpaired) electrons. The third kappa shape index (κ3) is 2.16. The third-order valence-electron chi connectivity index (χ3n) is 3.75. The average molecular weight is 286 g/mol. The van der Waals surface area contributed by atoms with Crippen molar-refractivity contribution in [3.63, 3.8) is 0 Å². The minimum absolute atomic E-state index is 0.323. The number of fused-ring (bicyclic) bond motifs is 2. The van der Waals surface area contributed by atoms with Crippen molar-refractivity contribution < 1.29 is 10.2 Å². The number of aromatic hydroxyl groups is 2. The van der Waals surface area contributed by atoms with Crippen LogP contribution in [-0.4, -0.2) is 16.0 Å². The van der Waals surface area contributed by atoms with E-state index in [1.165, 1.54) is 4.91 Å². The van der Waals surface area contributed by atoms with Crippen LogP contribution in [0.15, 0.2) is 35.2 Å². The van der Waals surface area contributed by atoms with Crippen molar-refractivity contribution in [1.82, 2.24) is 0 Å². The van der Waals surface area contributed by atoms with Gasteiger partial charge < -0.3 is 10.2 Å². The molecule has 2 aromatic rings. The molecule has 0 saturated heterocycles. The Morgan fingerprint density at radius 2 is 1.70 bits per heavy atom. The Morgan fingerprint density at radius 1 is 1.05 bits per heavy atom. The summed E-state index contributed by atoms with van der Waals surface area (Å²) >= 11 is 1.85. The lowest BCUT2D eigenvalue weighted by atomic mass is 9.91. The predicted octanol–water partition coefficient (Wildman–Crippen LogP) is 4.38. The van der Waals surface area contributed by atoms with Crippen molar-refractivity contribution in [2.24, 2.45) is 0 Å². The van der Waals surface area contributed by atoms with Crippen LogP contribution in [0.1, 0.15) is 24.5 Å². The number of phenolic OH excluding ortho intramolecular Hbond substituents is 2. The van der Waals surface area contributed by atoms with Crippen LogP contribution in [0.25, 0.3) is 10.8 Å². The molecular weight excluding hydrogens is 268 g/mol. The molecule has 0 aromatic heterocycles. The fourth-order valence-electron chi connectivity index (χ4n) is 2.72. The van der Waals surface area contributed by atoms with Gasteiger partial charge in [0.05, 0.1) is 0 Å². The van der Waals surface area contributed by atoms with Crippen LogP contribution in [0.4, 0.5) is 0 Å². The van der Waals surface area contributed by atoms with Crippen molar-refractivity contribution in [3.8, 4) is 11.5 Å². The Balaban J connectivity index is 2.09. The fraction of sp³-hybridized carbons (Fsp3) is 0.294. The lowest BCUT2D eigenvalue weighted by Crippen LogP contribution is -2.03. The van der Waals surface area contributed by atoms with E-state index in [2.05, 4.69) is 13.0 Å². The molecule has 0 aliphatic heterocycles. The van der Waals surface area contributed by atoms with Crippen LogP contribution in [0.2, 0.25) is 0 Å². The van der Waals surface area contributed by atoms with Crippen molar-refractivity contribution in [2.75, 3.05) is 5.75 Å². The van der Waals surface area contributed by atoms with Gasteiger partial charge in [0, 0.05) is 28.3 Å². The lowest BCUT2D eigenvalue weighted by molar-refractivity contribution is 0.459. The maximum Gasteiger partial charge on any atom is 0.127 e. The monoisotopic (exact) mass is 286 g/mol. The zero-order valence-corrected chi connectivity index (χ0v) is 12.3. The summed E-state index contributed by atoms with van der Waals surface area (Å²) in [7, 11) is 0. The molecule has 0 amide bonds. The van der Waals surface area contributed by atoms with Gasteiger partial charge in [-0.15, -0.1) is 11.8 Å². The van der Waals surface area contributed by atoms with Crippen molar-refractivity contribution >= 4 is 22.5 Å². The number of rotatable bonds is 3. The van der Waals surface area contributed by atoms with Gasteiger partial charge in [-0.05, 0) is 23.5 Å². The van der Waals surface area contributed by atoms with E-state index in [1.54, 1.807) is 0 Å². The molecule has 2 N–H and O–H groups in total. The Labute approximate surface area is 123 Å². The average Bonchev–Trinajstić information content (AvgIpc) is 2.50. The minimum Gasteiger partial charge on any atom is -0.507 e. The first-order valence-electron chi connectivity index (χ1n) is 6.98. The van der Waals surface area contributed by atoms with Gasteiger partial charge in [-0.1, -0.05) is 37.3 Å². The Bertz CT molecular complexity index is 689. The van der Waals surface area contributed by atoms with Crippen molar-refractivity contribution in [1.29, 1.82) is 0 Å². The van der Waals surface area contributed by atoms with Gasteiger partial charge in [-0.2, -0.15) is 0 Å². The molecule has 1 aliphatic rings. The highest BCUT2D eigenvalue weighted by molar-refractivity contribution is 8.03. The maximum absolute atomic E-state index is 10.5. The normalized spacial score (nSPS) is 14.2. The molecule has 1 aliphatic carbocycles. The quantitative estimate of drug-likeness (QED) is 0.823. The van der Waals surface area contributed by atoms with Crippen molar-refractivity contribution in [3.05, 3.63) is 46.4 Å². The number of thioether (sulfide) groups is 1. The predicted molar refractivity (Wildman–Crippen MR) is 85.5 cm³/mol. The van der Waals surface area contributed by atoms with E-state index in [1.807, 2.05) is 36.0 Å². The number of benzene rings is 2. The van der Waals surface area contributed by atoms with Crippen LogP contribution in [0.5, 0.6) is 11.5 Å². The van der Waals surface area contributed by atoms with E-state index >= 15 is 0 Å². The highest BCUT2D eigenvalue weighted by Crippen LogP contribution is 2.43. The molecule has 3 rings (SSSR count). The van der Waals surface area contributed by atoms with E-state index in [-0.39, 0.29) is 0 Å². The molecule has 104 valence electrons. The molecule has 0 unspecified atom stereocenters. The molecule has 0 spiro atoms. The van der Waals surface area contributed by atoms with E-state index in [4.69, 9.17) is 0 Å². The number of phenols is 2. The largest absolute Gasteiger partial charge is 0.507 e. The molecule has 0 fully saturated rings. The van der Waals surface area contributed by atoms with E-state index in [0.717, 1.165) is 40.5 Å². The fourth-order valence-corrected chi connectivity index (χ4v) is 3.64. The summed E-state index contributed by atoms with van der Waals surface area (Å²) in [5, 5.41) is 22.4. The SMILES string of the molecule is CCCSC1=CCc2c(c(O)c3ccccc3c2O)C1. The van der Waals surface area contributed by atoms with Gasteiger partial charge >= 0.3 is 0 Å². The summed E-state index contributed by atoms with van der Waals surface area (Å²) < 4.78 is 0. The first-order valence-corrected chi connectivity index (χ1v) is 7.97. The summed E-state index contributed by atoms with van der Waals surface area (Å²) in [5.74, 6) is 1.75. The smallest absolute Gasteiger partial charge is 0.127 e. The van der Waals surface area contributed by atoms with E-state index < -0.39 is 0 Å². The summed E-state index contributed by atoms with van der Waals surface area (Å²) in [5.41, 5.74) is 1.77. The minimum atomic E-state index is 0.323. The second kappa shape index (κ2) is 5.41. The van der Waals surface area contributed by atoms with Gasteiger partial charge in [0.25, 0.3) is 0 Å². The molecule has 2 aromatic carbocycles. The molecular formula is C17H18O2S. The van der Waals surface area contributed by atoms with Crippen LogP contribution in [0, 0.1) is 0 Å². The van der Waals surface area contributed by atoms with Crippen LogP contribution < -0.4 is 0 Å². The molecule has 0 heterocycles. The number of hydrogen-bond acceptors (Lipinski definition) is 3. The summed E-state index contributed by atoms with van der Waals surface area (Å²) in [6.45, 7) is 2.17. The summed E-state index contributed by atoms with van der Waals surface area (Å²) in [6.07, 6.45) is 4.75.